The maximum absolute atomic E-state index is 13.6. The maximum Gasteiger partial charge on any atom is 0.417 e. The van der Waals surface area contributed by atoms with Gasteiger partial charge in [0.1, 0.15) is 11.6 Å². The SMILES string of the molecule is O=C(O)c1ccc(Nc2ccc(C(F)(F)F)cn2)c(F)c1. The highest BCUT2D eigenvalue weighted by Gasteiger charge is 2.30. The lowest BCUT2D eigenvalue weighted by Gasteiger charge is -2.09. The van der Waals surface area contributed by atoms with Crippen LogP contribution in [-0.4, -0.2) is 16.1 Å². The van der Waals surface area contributed by atoms with Gasteiger partial charge in [-0.1, -0.05) is 0 Å². The molecule has 0 aliphatic rings. The van der Waals surface area contributed by atoms with Gasteiger partial charge in [0.05, 0.1) is 16.8 Å². The van der Waals surface area contributed by atoms with Gasteiger partial charge >= 0.3 is 12.1 Å². The molecule has 1 heterocycles. The fraction of sp³-hybridized carbons (Fsp3) is 0.0769. The number of halogens is 4. The van der Waals surface area contributed by atoms with Crippen LogP contribution in [0.1, 0.15) is 15.9 Å². The fourth-order valence-electron chi connectivity index (χ4n) is 1.52. The molecule has 0 bridgehead atoms. The Hall–Kier alpha value is -2.64. The molecule has 0 spiro atoms. The number of benzene rings is 1. The predicted molar refractivity (Wildman–Crippen MR) is 65.9 cm³/mol. The van der Waals surface area contributed by atoms with Crippen molar-refractivity contribution in [3.63, 3.8) is 0 Å². The number of rotatable bonds is 3. The van der Waals surface area contributed by atoms with E-state index in [1.807, 2.05) is 0 Å². The van der Waals surface area contributed by atoms with Crippen molar-refractivity contribution < 1.29 is 27.5 Å². The Morgan fingerprint density at radius 2 is 1.90 bits per heavy atom. The van der Waals surface area contributed by atoms with E-state index >= 15 is 0 Å². The Bertz CT molecular complexity index is 669. The number of nitrogens with one attached hydrogen (secondary N) is 1. The number of anilines is 2. The van der Waals surface area contributed by atoms with Gasteiger partial charge in [-0.2, -0.15) is 13.2 Å². The molecule has 1 aromatic heterocycles. The lowest BCUT2D eigenvalue weighted by molar-refractivity contribution is -0.137. The minimum atomic E-state index is -4.50. The summed E-state index contributed by atoms with van der Waals surface area (Å²) in [5, 5.41) is 11.2. The molecule has 0 radical (unpaired) electrons. The summed E-state index contributed by atoms with van der Waals surface area (Å²) in [6.45, 7) is 0. The first kappa shape index (κ1) is 14.8. The smallest absolute Gasteiger partial charge is 0.417 e. The number of alkyl halides is 3. The summed E-state index contributed by atoms with van der Waals surface area (Å²) >= 11 is 0. The topological polar surface area (TPSA) is 62.2 Å². The van der Waals surface area contributed by atoms with Gasteiger partial charge in [-0.15, -0.1) is 0 Å². The van der Waals surface area contributed by atoms with Gasteiger partial charge in [0.25, 0.3) is 0 Å². The number of hydrogen-bond acceptors (Lipinski definition) is 3. The second-order valence-corrected chi connectivity index (χ2v) is 4.05. The second-order valence-electron chi connectivity index (χ2n) is 4.05. The zero-order valence-corrected chi connectivity index (χ0v) is 10.3. The number of carboxylic acid groups (broad SMARTS) is 1. The van der Waals surface area contributed by atoms with E-state index in [9.17, 15) is 22.4 Å². The van der Waals surface area contributed by atoms with Crippen LogP contribution in [0, 0.1) is 5.82 Å². The first-order valence-corrected chi connectivity index (χ1v) is 5.60. The van der Waals surface area contributed by atoms with E-state index in [4.69, 9.17) is 5.11 Å². The number of carbonyl (C=O) groups is 1. The molecular weight excluding hydrogens is 292 g/mol. The summed E-state index contributed by atoms with van der Waals surface area (Å²) in [7, 11) is 0. The summed E-state index contributed by atoms with van der Waals surface area (Å²) < 4.78 is 50.7. The molecule has 2 rings (SSSR count). The minimum absolute atomic E-state index is 0.00461. The summed E-state index contributed by atoms with van der Waals surface area (Å²) in [5.41, 5.74) is -1.25. The molecule has 4 nitrogen and oxygen atoms in total. The average Bonchev–Trinajstić information content (AvgIpc) is 2.40. The second kappa shape index (κ2) is 5.39. The number of aromatic carboxylic acids is 1. The quantitative estimate of drug-likeness (QED) is 0.849. The van der Waals surface area contributed by atoms with E-state index in [0.29, 0.717) is 6.20 Å². The van der Waals surface area contributed by atoms with Crippen LogP contribution in [0.15, 0.2) is 36.5 Å². The van der Waals surface area contributed by atoms with Crippen LogP contribution in [0.25, 0.3) is 0 Å². The van der Waals surface area contributed by atoms with E-state index in [2.05, 4.69) is 10.3 Å². The van der Waals surface area contributed by atoms with Crippen molar-refractivity contribution >= 4 is 17.5 Å². The van der Waals surface area contributed by atoms with Crippen LogP contribution in [0.3, 0.4) is 0 Å². The standard InChI is InChI=1S/C13H8F4N2O2/c14-9-5-7(12(20)21)1-3-10(9)19-11-4-2-8(6-18-11)13(15,16)17/h1-6H,(H,18,19)(H,20,21). The van der Waals surface area contributed by atoms with Crippen molar-refractivity contribution in [2.75, 3.05) is 5.32 Å². The molecule has 0 saturated heterocycles. The zero-order chi connectivity index (χ0) is 15.6. The van der Waals surface area contributed by atoms with Crippen LogP contribution in [0.5, 0.6) is 0 Å². The normalized spacial score (nSPS) is 11.2. The highest BCUT2D eigenvalue weighted by atomic mass is 19.4. The third kappa shape index (κ3) is 3.47. The molecule has 2 aromatic rings. The van der Waals surface area contributed by atoms with Crippen molar-refractivity contribution in [2.24, 2.45) is 0 Å². The molecule has 8 heteroatoms. The molecular formula is C13H8F4N2O2. The van der Waals surface area contributed by atoms with Gasteiger partial charge in [0, 0.05) is 6.20 Å². The molecule has 0 atom stereocenters. The molecule has 0 aliphatic heterocycles. The lowest BCUT2D eigenvalue weighted by Crippen LogP contribution is -2.06. The van der Waals surface area contributed by atoms with Crippen LogP contribution >= 0.6 is 0 Å². The summed E-state index contributed by atoms with van der Waals surface area (Å²) in [5.74, 6) is -2.13. The van der Waals surface area contributed by atoms with Gasteiger partial charge < -0.3 is 10.4 Å². The summed E-state index contributed by atoms with van der Waals surface area (Å²) in [6, 6.07) is 4.98. The lowest BCUT2D eigenvalue weighted by atomic mass is 10.2. The number of aromatic nitrogens is 1. The Balaban J connectivity index is 2.20. The molecule has 0 aliphatic carbocycles. The predicted octanol–water partition coefficient (Wildman–Crippen LogP) is 3.68. The monoisotopic (exact) mass is 300 g/mol. The third-order valence-corrected chi connectivity index (χ3v) is 2.57. The van der Waals surface area contributed by atoms with Crippen LogP contribution in [0.2, 0.25) is 0 Å². The summed E-state index contributed by atoms with van der Waals surface area (Å²) in [6.07, 6.45) is -3.88. The van der Waals surface area contributed by atoms with E-state index in [1.54, 1.807) is 0 Å². The molecule has 0 saturated carbocycles. The van der Waals surface area contributed by atoms with Crippen LogP contribution in [0.4, 0.5) is 29.1 Å². The molecule has 1 aromatic carbocycles. The summed E-state index contributed by atoms with van der Waals surface area (Å²) in [4.78, 5) is 14.2. The first-order valence-electron chi connectivity index (χ1n) is 5.60. The van der Waals surface area contributed by atoms with E-state index in [1.165, 1.54) is 0 Å². The number of hydrogen-bond donors (Lipinski definition) is 2. The first-order chi connectivity index (χ1) is 9.77. The maximum atomic E-state index is 13.6. The largest absolute Gasteiger partial charge is 0.478 e. The Morgan fingerprint density at radius 1 is 1.19 bits per heavy atom. The molecule has 0 fully saturated rings. The van der Waals surface area contributed by atoms with Crippen molar-refractivity contribution in [3.05, 3.63) is 53.5 Å². The van der Waals surface area contributed by atoms with Gasteiger partial charge in [0.15, 0.2) is 0 Å². The van der Waals surface area contributed by atoms with Crippen molar-refractivity contribution in [2.45, 2.75) is 6.18 Å². The Kier molecular flexibility index (Phi) is 3.79. The zero-order valence-electron chi connectivity index (χ0n) is 10.3. The van der Waals surface area contributed by atoms with Crippen molar-refractivity contribution in [1.29, 1.82) is 0 Å². The Labute approximate surface area is 116 Å². The number of nitrogens with zero attached hydrogens (tertiary/aromatic N) is 1. The van der Waals surface area contributed by atoms with Gasteiger partial charge in [-0.05, 0) is 30.3 Å². The molecule has 2 N–H and O–H groups in total. The van der Waals surface area contributed by atoms with E-state index in [0.717, 1.165) is 30.3 Å². The molecule has 0 amide bonds. The van der Waals surface area contributed by atoms with Gasteiger partial charge in [-0.3, -0.25) is 0 Å². The third-order valence-electron chi connectivity index (χ3n) is 2.57. The number of carboxylic acids is 1. The molecule has 110 valence electrons. The van der Waals surface area contributed by atoms with Crippen LogP contribution < -0.4 is 5.32 Å². The van der Waals surface area contributed by atoms with E-state index in [-0.39, 0.29) is 17.1 Å². The average molecular weight is 300 g/mol. The van der Waals surface area contributed by atoms with Gasteiger partial charge in [0.2, 0.25) is 0 Å². The Morgan fingerprint density at radius 3 is 2.38 bits per heavy atom. The molecule has 0 unspecified atom stereocenters. The highest BCUT2D eigenvalue weighted by molar-refractivity contribution is 5.88. The minimum Gasteiger partial charge on any atom is -0.478 e. The van der Waals surface area contributed by atoms with Crippen molar-refractivity contribution in [3.8, 4) is 0 Å². The van der Waals surface area contributed by atoms with Crippen molar-refractivity contribution in [1.82, 2.24) is 4.98 Å². The van der Waals surface area contributed by atoms with Crippen LogP contribution in [-0.2, 0) is 6.18 Å². The number of pyridine rings is 1. The molecule has 21 heavy (non-hydrogen) atoms. The van der Waals surface area contributed by atoms with Gasteiger partial charge in [-0.25, -0.2) is 14.2 Å². The fourth-order valence-corrected chi connectivity index (χ4v) is 1.52. The van der Waals surface area contributed by atoms with E-state index < -0.39 is 23.5 Å². The highest BCUT2D eigenvalue weighted by Crippen LogP contribution is 2.29.